The van der Waals surface area contributed by atoms with Gasteiger partial charge in [0, 0.05) is 32.0 Å². The van der Waals surface area contributed by atoms with Crippen LogP contribution >= 0.6 is 24.0 Å². The first kappa shape index (κ1) is 24.7. The predicted octanol–water partition coefficient (Wildman–Crippen LogP) is 3.87. The van der Waals surface area contributed by atoms with Gasteiger partial charge in [-0.3, -0.25) is 0 Å². The van der Waals surface area contributed by atoms with Crippen LogP contribution in [0, 0.1) is 0 Å². The number of nitrogens with one attached hydrogen (secondary N) is 2. The third-order valence-corrected chi connectivity index (χ3v) is 5.35. The lowest BCUT2D eigenvalue weighted by atomic mass is 10.1. The molecule has 2 N–H and O–H groups in total. The highest BCUT2D eigenvalue weighted by Crippen LogP contribution is 2.10. The number of aromatic nitrogens is 2. The topological polar surface area (TPSA) is 57.5 Å². The molecule has 0 amide bonds. The van der Waals surface area contributed by atoms with E-state index in [1.54, 1.807) is 0 Å². The molecule has 2 heterocycles. The number of aliphatic imine (C=N–C) groups is 1. The van der Waals surface area contributed by atoms with E-state index in [0.717, 1.165) is 32.0 Å². The summed E-state index contributed by atoms with van der Waals surface area (Å²) < 4.78 is 2.08. The smallest absolute Gasteiger partial charge is 0.191 e. The Kier molecular flexibility index (Phi) is 11.8. The van der Waals surface area contributed by atoms with E-state index in [2.05, 4.69) is 56.3 Å². The molecule has 0 unspecified atom stereocenters. The Morgan fingerprint density at radius 1 is 1.03 bits per heavy atom. The maximum absolute atomic E-state index is 4.75. The van der Waals surface area contributed by atoms with Gasteiger partial charge in [0.2, 0.25) is 0 Å². The van der Waals surface area contributed by atoms with Gasteiger partial charge in [-0.25, -0.2) is 9.98 Å². The van der Waals surface area contributed by atoms with Gasteiger partial charge in [-0.1, -0.05) is 37.1 Å². The summed E-state index contributed by atoms with van der Waals surface area (Å²) in [4.78, 5) is 11.5. The lowest BCUT2D eigenvalue weighted by molar-refractivity contribution is 0.282. The van der Waals surface area contributed by atoms with Crippen LogP contribution in [0.25, 0.3) is 0 Å². The fourth-order valence-corrected chi connectivity index (χ4v) is 3.72. The number of halogens is 1. The molecule has 1 aliphatic heterocycles. The molecule has 1 aromatic heterocycles. The second kappa shape index (κ2) is 14.4. The lowest BCUT2D eigenvalue weighted by Crippen LogP contribution is -2.39. The molecule has 0 saturated carbocycles. The summed E-state index contributed by atoms with van der Waals surface area (Å²) in [5, 5.41) is 6.85. The molecule has 6 nitrogen and oxygen atoms in total. The van der Waals surface area contributed by atoms with Crippen molar-refractivity contribution in [1.29, 1.82) is 0 Å². The number of guanidine groups is 1. The Balaban J connectivity index is 0.00000320. The van der Waals surface area contributed by atoms with Gasteiger partial charge >= 0.3 is 0 Å². The van der Waals surface area contributed by atoms with E-state index in [4.69, 9.17) is 4.99 Å². The molecular weight excluding hydrogens is 487 g/mol. The van der Waals surface area contributed by atoms with Crippen LogP contribution in [-0.2, 0) is 13.1 Å². The zero-order valence-corrected chi connectivity index (χ0v) is 20.6. The third-order valence-electron chi connectivity index (χ3n) is 5.35. The molecule has 2 aromatic rings. The van der Waals surface area contributed by atoms with E-state index >= 15 is 0 Å². The maximum Gasteiger partial charge on any atom is 0.191 e. The average molecular weight is 524 g/mol. The van der Waals surface area contributed by atoms with Crippen molar-refractivity contribution < 1.29 is 0 Å². The lowest BCUT2D eigenvalue weighted by Gasteiger charge is -2.20. The maximum atomic E-state index is 4.75. The van der Waals surface area contributed by atoms with E-state index in [9.17, 15) is 0 Å². The van der Waals surface area contributed by atoms with Crippen molar-refractivity contribution in [3.05, 3.63) is 54.1 Å². The van der Waals surface area contributed by atoms with Crippen LogP contribution in [0.2, 0.25) is 0 Å². The van der Waals surface area contributed by atoms with Gasteiger partial charge in [0.25, 0.3) is 0 Å². The summed E-state index contributed by atoms with van der Waals surface area (Å²) in [6.07, 6.45) is 12.3. The van der Waals surface area contributed by atoms with Crippen LogP contribution in [0.15, 0.2) is 48.0 Å². The molecule has 1 saturated heterocycles. The molecule has 3 rings (SSSR count). The minimum atomic E-state index is 0. The summed E-state index contributed by atoms with van der Waals surface area (Å²) in [7, 11) is 0. The highest BCUT2D eigenvalue weighted by Gasteiger charge is 2.08. The van der Waals surface area contributed by atoms with Crippen molar-refractivity contribution in [2.45, 2.75) is 52.1 Å². The van der Waals surface area contributed by atoms with Crippen LogP contribution < -0.4 is 10.6 Å². The Morgan fingerprint density at radius 3 is 2.43 bits per heavy atom. The van der Waals surface area contributed by atoms with Gasteiger partial charge in [-0.15, -0.1) is 24.0 Å². The number of benzene rings is 1. The molecule has 166 valence electrons. The normalized spacial score (nSPS) is 15.3. The Bertz CT molecular complexity index is 706. The van der Waals surface area contributed by atoms with Crippen molar-refractivity contribution >= 4 is 29.9 Å². The number of imidazole rings is 1. The van der Waals surface area contributed by atoms with Crippen molar-refractivity contribution in [2.75, 3.05) is 32.7 Å². The Labute approximate surface area is 198 Å². The van der Waals surface area contributed by atoms with Crippen LogP contribution in [0.4, 0.5) is 0 Å². The largest absolute Gasteiger partial charge is 0.357 e. The fraction of sp³-hybridized carbons (Fsp3) is 0.565. The van der Waals surface area contributed by atoms with E-state index in [1.807, 2.05) is 18.7 Å². The Morgan fingerprint density at radius 2 is 1.77 bits per heavy atom. The molecule has 0 radical (unpaired) electrons. The molecule has 0 bridgehead atoms. The zero-order chi connectivity index (χ0) is 20.2. The van der Waals surface area contributed by atoms with Crippen LogP contribution in [-0.4, -0.2) is 53.1 Å². The van der Waals surface area contributed by atoms with Gasteiger partial charge in [0.1, 0.15) is 0 Å². The molecule has 7 heteroatoms. The molecule has 1 aromatic carbocycles. The predicted molar refractivity (Wildman–Crippen MR) is 136 cm³/mol. The molecule has 30 heavy (non-hydrogen) atoms. The fourth-order valence-electron chi connectivity index (χ4n) is 3.72. The van der Waals surface area contributed by atoms with E-state index in [0.29, 0.717) is 6.54 Å². The summed E-state index contributed by atoms with van der Waals surface area (Å²) >= 11 is 0. The van der Waals surface area contributed by atoms with E-state index in [1.165, 1.54) is 56.4 Å². The number of rotatable bonds is 9. The number of hydrogen-bond acceptors (Lipinski definition) is 3. The summed E-state index contributed by atoms with van der Waals surface area (Å²) in [6.45, 7) is 9.21. The Hall–Kier alpha value is -1.61. The zero-order valence-electron chi connectivity index (χ0n) is 18.2. The third kappa shape index (κ3) is 9.04. The first-order chi connectivity index (χ1) is 14.3. The quantitative estimate of drug-likeness (QED) is 0.226. The second-order valence-electron chi connectivity index (χ2n) is 7.78. The molecule has 1 fully saturated rings. The first-order valence-corrected chi connectivity index (χ1v) is 11.1. The van der Waals surface area contributed by atoms with Crippen molar-refractivity contribution in [2.24, 2.45) is 4.99 Å². The molecule has 0 spiro atoms. The molecule has 1 aliphatic rings. The highest BCUT2D eigenvalue weighted by molar-refractivity contribution is 14.0. The number of nitrogens with zero attached hydrogens (tertiary/aromatic N) is 4. The van der Waals surface area contributed by atoms with Crippen LogP contribution in [0.3, 0.4) is 0 Å². The van der Waals surface area contributed by atoms with Crippen molar-refractivity contribution in [3.63, 3.8) is 0 Å². The first-order valence-electron chi connectivity index (χ1n) is 11.1. The van der Waals surface area contributed by atoms with Gasteiger partial charge in [0.05, 0.1) is 12.9 Å². The molecular formula is C23H37IN6. The summed E-state index contributed by atoms with van der Waals surface area (Å²) in [6, 6.07) is 8.68. The molecule has 0 atom stereocenters. The number of likely N-dealkylation sites (tertiary alicyclic amines) is 1. The standard InChI is InChI=1S/C23H36N6.HI/c1-2-25-23(26-12-7-16-28-14-5-3-4-6-15-28)27-18-21-8-10-22(11-9-21)19-29-17-13-24-20-29;/h8-11,13,17,20H,2-7,12,14-16,18-19H2,1H3,(H2,25,26,27);1H. The van der Waals surface area contributed by atoms with Crippen LogP contribution in [0.5, 0.6) is 0 Å². The van der Waals surface area contributed by atoms with Gasteiger partial charge in [-0.05, 0) is 56.9 Å². The van der Waals surface area contributed by atoms with E-state index < -0.39 is 0 Å². The average Bonchev–Trinajstić information content (AvgIpc) is 3.11. The van der Waals surface area contributed by atoms with Gasteiger partial charge in [0.15, 0.2) is 5.96 Å². The monoisotopic (exact) mass is 524 g/mol. The van der Waals surface area contributed by atoms with E-state index in [-0.39, 0.29) is 24.0 Å². The number of hydrogen-bond donors (Lipinski definition) is 2. The summed E-state index contributed by atoms with van der Waals surface area (Å²) in [5.41, 5.74) is 2.50. The van der Waals surface area contributed by atoms with Crippen LogP contribution in [0.1, 0.15) is 50.2 Å². The highest BCUT2D eigenvalue weighted by atomic mass is 127. The van der Waals surface area contributed by atoms with Crippen molar-refractivity contribution in [3.8, 4) is 0 Å². The summed E-state index contributed by atoms with van der Waals surface area (Å²) in [5.74, 6) is 0.908. The van der Waals surface area contributed by atoms with Crippen molar-refractivity contribution in [1.82, 2.24) is 25.1 Å². The van der Waals surface area contributed by atoms with Gasteiger partial charge < -0.3 is 20.1 Å². The van der Waals surface area contributed by atoms with Gasteiger partial charge in [-0.2, -0.15) is 0 Å². The SMILES string of the molecule is CCNC(=NCc1ccc(Cn2ccnc2)cc1)NCCCN1CCCCCC1.I. The minimum absolute atomic E-state index is 0. The minimum Gasteiger partial charge on any atom is -0.357 e. The second-order valence-corrected chi connectivity index (χ2v) is 7.78. The molecule has 0 aliphatic carbocycles.